The Morgan fingerprint density at radius 1 is 1.25 bits per heavy atom. The fraction of sp³-hybridized carbons (Fsp3) is 0.182. The third-order valence-corrected chi connectivity index (χ3v) is 2.18. The van der Waals surface area contributed by atoms with E-state index in [9.17, 15) is 4.39 Å². The van der Waals surface area contributed by atoms with Crippen molar-refractivity contribution in [2.75, 3.05) is 11.9 Å². The Labute approximate surface area is 92.8 Å². The topological polar surface area (TPSA) is 41.9 Å². The highest BCUT2D eigenvalue weighted by molar-refractivity contribution is 5.36. The van der Waals surface area contributed by atoms with Gasteiger partial charge in [-0.15, -0.1) is 0 Å². The van der Waals surface area contributed by atoms with Crippen LogP contribution in [0, 0.1) is 5.95 Å². The number of pyridine rings is 1. The molecule has 0 amide bonds. The molecule has 0 aromatic carbocycles. The van der Waals surface area contributed by atoms with Gasteiger partial charge in [0.1, 0.15) is 12.1 Å². The van der Waals surface area contributed by atoms with E-state index < -0.39 is 5.95 Å². The summed E-state index contributed by atoms with van der Waals surface area (Å²) in [5.74, 6) is 0.0379. The number of rotatable bonds is 3. The standard InChI is InChI=1S/C11H11FN4/c1-16(7-9-2-4-13-5-3-9)11-6-10(12)14-8-15-11/h2-6,8H,7H2,1H3. The van der Waals surface area contributed by atoms with E-state index in [2.05, 4.69) is 15.0 Å². The summed E-state index contributed by atoms with van der Waals surface area (Å²) >= 11 is 0. The van der Waals surface area contributed by atoms with Crippen LogP contribution >= 0.6 is 0 Å². The van der Waals surface area contributed by atoms with Gasteiger partial charge >= 0.3 is 0 Å². The van der Waals surface area contributed by atoms with Gasteiger partial charge in [0, 0.05) is 32.1 Å². The molecular formula is C11H11FN4. The van der Waals surface area contributed by atoms with E-state index in [1.54, 1.807) is 12.4 Å². The van der Waals surface area contributed by atoms with Crippen LogP contribution < -0.4 is 4.90 Å². The monoisotopic (exact) mass is 218 g/mol. The lowest BCUT2D eigenvalue weighted by Crippen LogP contribution is -2.18. The van der Waals surface area contributed by atoms with Crippen molar-refractivity contribution in [3.8, 4) is 0 Å². The maximum atomic E-state index is 12.9. The molecule has 5 heteroatoms. The molecule has 0 aliphatic carbocycles. The van der Waals surface area contributed by atoms with Crippen molar-refractivity contribution in [1.29, 1.82) is 0 Å². The highest BCUT2D eigenvalue weighted by Gasteiger charge is 2.04. The van der Waals surface area contributed by atoms with Crippen LogP contribution in [0.4, 0.5) is 10.2 Å². The summed E-state index contributed by atoms with van der Waals surface area (Å²) in [6.45, 7) is 0.652. The molecule has 0 saturated carbocycles. The lowest BCUT2D eigenvalue weighted by Gasteiger charge is -2.17. The zero-order valence-corrected chi connectivity index (χ0v) is 8.84. The minimum absolute atomic E-state index is 0.522. The van der Waals surface area contributed by atoms with E-state index in [-0.39, 0.29) is 0 Å². The molecule has 0 atom stereocenters. The smallest absolute Gasteiger partial charge is 0.218 e. The first kappa shape index (κ1) is 10.5. The van der Waals surface area contributed by atoms with Gasteiger partial charge in [-0.2, -0.15) is 4.39 Å². The van der Waals surface area contributed by atoms with Crippen molar-refractivity contribution in [2.24, 2.45) is 0 Å². The molecule has 0 radical (unpaired) electrons. The van der Waals surface area contributed by atoms with Gasteiger partial charge in [0.25, 0.3) is 0 Å². The normalized spacial score (nSPS) is 10.1. The van der Waals surface area contributed by atoms with Crippen LogP contribution in [-0.4, -0.2) is 22.0 Å². The summed E-state index contributed by atoms with van der Waals surface area (Å²) in [5, 5.41) is 0. The maximum absolute atomic E-state index is 12.9. The van der Waals surface area contributed by atoms with Gasteiger partial charge in [-0.3, -0.25) is 4.98 Å². The third-order valence-electron chi connectivity index (χ3n) is 2.18. The van der Waals surface area contributed by atoms with Gasteiger partial charge in [0.05, 0.1) is 0 Å². The highest BCUT2D eigenvalue weighted by Crippen LogP contribution is 2.11. The quantitative estimate of drug-likeness (QED) is 0.734. The highest BCUT2D eigenvalue weighted by atomic mass is 19.1. The van der Waals surface area contributed by atoms with Crippen LogP contribution in [0.3, 0.4) is 0 Å². The molecule has 0 unspecified atom stereocenters. The third kappa shape index (κ3) is 2.50. The van der Waals surface area contributed by atoms with Crippen molar-refractivity contribution < 1.29 is 4.39 Å². The number of hydrogen-bond acceptors (Lipinski definition) is 4. The Hall–Kier alpha value is -2.04. The van der Waals surface area contributed by atoms with Crippen molar-refractivity contribution >= 4 is 5.82 Å². The van der Waals surface area contributed by atoms with Crippen LogP contribution in [0.25, 0.3) is 0 Å². The second kappa shape index (κ2) is 4.65. The average Bonchev–Trinajstić information content (AvgIpc) is 2.30. The van der Waals surface area contributed by atoms with E-state index >= 15 is 0 Å². The molecule has 0 fully saturated rings. The second-order valence-corrected chi connectivity index (χ2v) is 3.41. The van der Waals surface area contributed by atoms with Crippen LogP contribution in [0.1, 0.15) is 5.56 Å². The van der Waals surface area contributed by atoms with Crippen molar-refractivity contribution in [1.82, 2.24) is 15.0 Å². The van der Waals surface area contributed by atoms with E-state index in [0.717, 1.165) is 5.56 Å². The van der Waals surface area contributed by atoms with E-state index in [1.165, 1.54) is 12.4 Å². The molecule has 0 aliphatic heterocycles. The largest absolute Gasteiger partial charge is 0.355 e. The Morgan fingerprint density at radius 3 is 2.69 bits per heavy atom. The van der Waals surface area contributed by atoms with E-state index in [0.29, 0.717) is 12.4 Å². The summed E-state index contributed by atoms with van der Waals surface area (Å²) in [6.07, 6.45) is 4.67. The first-order valence-electron chi connectivity index (χ1n) is 4.83. The molecule has 0 saturated heterocycles. The molecule has 16 heavy (non-hydrogen) atoms. The molecule has 0 aliphatic rings. The van der Waals surface area contributed by atoms with Gasteiger partial charge < -0.3 is 4.90 Å². The summed E-state index contributed by atoms with van der Waals surface area (Å²) in [5.41, 5.74) is 1.09. The first-order chi connectivity index (χ1) is 7.75. The number of nitrogens with zero attached hydrogens (tertiary/aromatic N) is 4. The minimum atomic E-state index is -0.522. The number of halogens is 1. The molecule has 2 aromatic heterocycles. The Kier molecular flexibility index (Phi) is 3.05. The van der Waals surface area contributed by atoms with Crippen LogP contribution in [0.15, 0.2) is 36.9 Å². The predicted octanol–water partition coefficient (Wildman–Crippen LogP) is 1.65. The molecule has 2 rings (SSSR count). The molecule has 2 aromatic rings. The molecular weight excluding hydrogens is 207 g/mol. The Balaban J connectivity index is 2.12. The van der Waals surface area contributed by atoms with Gasteiger partial charge in [0.2, 0.25) is 5.95 Å². The molecule has 4 nitrogen and oxygen atoms in total. The van der Waals surface area contributed by atoms with Crippen LogP contribution in [-0.2, 0) is 6.54 Å². The van der Waals surface area contributed by atoms with Crippen molar-refractivity contribution in [3.05, 3.63) is 48.4 Å². The van der Waals surface area contributed by atoms with Gasteiger partial charge in [0.15, 0.2) is 0 Å². The Bertz CT molecular complexity index is 461. The lowest BCUT2D eigenvalue weighted by atomic mass is 10.2. The van der Waals surface area contributed by atoms with Gasteiger partial charge in [-0.1, -0.05) is 0 Å². The predicted molar refractivity (Wildman–Crippen MR) is 58.3 cm³/mol. The summed E-state index contributed by atoms with van der Waals surface area (Å²) in [7, 11) is 1.85. The summed E-state index contributed by atoms with van der Waals surface area (Å²) in [4.78, 5) is 13.2. The molecule has 82 valence electrons. The molecule has 0 N–H and O–H groups in total. The van der Waals surface area contributed by atoms with E-state index in [4.69, 9.17) is 0 Å². The molecule has 2 heterocycles. The zero-order valence-electron chi connectivity index (χ0n) is 8.84. The maximum Gasteiger partial charge on any atom is 0.218 e. The fourth-order valence-electron chi connectivity index (χ4n) is 1.38. The number of hydrogen-bond donors (Lipinski definition) is 0. The average molecular weight is 218 g/mol. The van der Waals surface area contributed by atoms with Crippen molar-refractivity contribution in [2.45, 2.75) is 6.54 Å². The van der Waals surface area contributed by atoms with Crippen LogP contribution in [0.2, 0.25) is 0 Å². The van der Waals surface area contributed by atoms with E-state index in [1.807, 2.05) is 24.1 Å². The summed E-state index contributed by atoms with van der Waals surface area (Å²) < 4.78 is 12.9. The first-order valence-corrected chi connectivity index (χ1v) is 4.83. The molecule has 0 bridgehead atoms. The lowest BCUT2D eigenvalue weighted by molar-refractivity contribution is 0.578. The molecule has 0 spiro atoms. The number of aromatic nitrogens is 3. The van der Waals surface area contributed by atoms with Gasteiger partial charge in [-0.05, 0) is 17.7 Å². The number of anilines is 1. The SMILES string of the molecule is CN(Cc1ccncc1)c1cc(F)ncn1. The van der Waals surface area contributed by atoms with Gasteiger partial charge in [-0.25, -0.2) is 9.97 Å². The minimum Gasteiger partial charge on any atom is -0.355 e. The second-order valence-electron chi connectivity index (χ2n) is 3.41. The van der Waals surface area contributed by atoms with Crippen molar-refractivity contribution in [3.63, 3.8) is 0 Å². The Morgan fingerprint density at radius 2 is 2.00 bits per heavy atom. The summed E-state index contributed by atoms with van der Waals surface area (Å²) in [6, 6.07) is 5.13. The van der Waals surface area contributed by atoms with Crippen LogP contribution in [0.5, 0.6) is 0 Å². The zero-order chi connectivity index (χ0) is 11.4. The fourth-order valence-corrected chi connectivity index (χ4v) is 1.38.